The van der Waals surface area contributed by atoms with Crippen LogP contribution in [0.2, 0.25) is 0 Å². The maximum absolute atomic E-state index is 13.3. The zero-order chi connectivity index (χ0) is 20.1. The fourth-order valence-corrected chi connectivity index (χ4v) is 2.90. The average molecular weight is 388 g/mol. The monoisotopic (exact) mass is 388 g/mol. The van der Waals surface area contributed by atoms with Gasteiger partial charge in [-0.2, -0.15) is 4.39 Å². The number of nitrogens with one attached hydrogen (secondary N) is 1. The summed E-state index contributed by atoms with van der Waals surface area (Å²) >= 11 is 0. The summed E-state index contributed by atoms with van der Waals surface area (Å²) in [5.41, 5.74) is 1.74. The maximum Gasteiger partial charge on any atom is 0.344 e. The lowest BCUT2D eigenvalue weighted by atomic mass is 10.1. The Balaban J connectivity index is 1.45. The van der Waals surface area contributed by atoms with E-state index >= 15 is 0 Å². The first kappa shape index (κ1) is 19.3. The van der Waals surface area contributed by atoms with Gasteiger partial charge in [-0.3, -0.25) is 14.9 Å². The summed E-state index contributed by atoms with van der Waals surface area (Å²) in [4.78, 5) is 33.3. The van der Waals surface area contributed by atoms with Gasteiger partial charge in [0.2, 0.25) is 5.82 Å². The van der Waals surface area contributed by atoms with E-state index in [0.29, 0.717) is 5.75 Å². The second-order valence-corrected chi connectivity index (χ2v) is 6.20. The molecule has 8 nitrogen and oxygen atoms in total. The van der Waals surface area contributed by atoms with Gasteiger partial charge in [0.05, 0.1) is 4.92 Å². The highest BCUT2D eigenvalue weighted by Crippen LogP contribution is 2.26. The Morgan fingerprint density at radius 1 is 1.11 bits per heavy atom. The number of fused-ring (bicyclic) bond motifs is 1. The maximum atomic E-state index is 13.3. The van der Waals surface area contributed by atoms with Crippen LogP contribution >= 0.6 is 0 Å². The molecular weight excluding hydrogens is 371 g/mol. The molecule has 0 spiro atoms. The number of nitrogens with zero attached hydrogens (tertiary/aromatic N) is 1. The van der Waals surface area contributed by atoms with E-state index in [2.05, 4.69) is 5.32 Å². The molecule has 0 unspecified atom stereocenters. The predicted octanol–water partition coefficient (Wildman–Crippen LogP) is 2.78. The van der Waals surface area contributed by atoms with Gasteiger partial charge in [-0.1, -0.05) is 6.07 Å². The number of benzene rings is 2. The molecule has 1 aliphatic carbocycles. The molecule has 28 heavy (non-hydrogen) atoms. The molecule has 0 saturated heterocycles. The normalized spacial score (nSPS) is 12.2. The molecule has 0 saturated carbocycles. The summed E-state index contributed by atoms with van der Waals surface area (Å²) in [5.74, 6) is -1.91. The zero-order valence-electron chi connectivity index (χ0n) is 14.8. The van der Waals surface area contributed by atoms with Crippen molar-refractivity contribution in [3.63, 3.8) is 0 Å². The Hall–Kier alpha value is -3.49. The van der Waals surface area contributed by atoms with Crippen LogP contribution in [0.1, 0.15) is 17.5 Å². The third-order valence-electron chi connectivity index (χ3n) is 4.22. The first-order valence-corrected chi connectivity index (χ1v) is 8.56. The van der Waals surface area contributed by atoms with Gasteiger partial charge in [-0.05, 0) is 54.7 Å². The van der Waals surface area contributed by atoms with Crippen LogP contribution < -0.4 is 10.1 Å². The molecule has 0 bridgehead atoms. The van der Waals surface area contributed by atoms with Crippen molar-refractivity contribution in [2.75, 3.05) is 18.5 Å². The number of hydrogen-bond acceptors (Lipinski definition) is 6. The third-order valence-corrected chi connectivity index (χ3v) is 4.22. The van der Waals surface area contributed by atoms with Crippen LogP contribution in [0.4, 0.5) is 15.8 Å². The number of rotatable bonds is 7. The average Bonchev–Trinajstić information content (AvgIpc) is 3.14. The standard InChI is InChI=1S/C19H17FN2O6/c20-16-7-5-14(9-17(16)22(25)26)21-18(23)10-28-19(24)11-27-15-6-4-12-2-1-3-13(12)8-15/h4-9H,1-3,10-11H2,(H,21,23). The van der Waals surface area contributed by atoms with Crippen LogP contribution in [0, 0.1) is 15.9 Å². The number of hydrogen-bond donors (Lipinski definition) is 1. The van der Waals surface area contributed by atoms with Crippen LogP contribution in [0.5, 0.6) is 5.75 Å². The quantitative estimate of drug-likeness (QED) is 0.444. The topological polar surface area (TPSA) is 108 Å². The van der Waals surface area contributed by atoms with Crippen LogP contribution in [0.3, 0.4) is 0 Å². The number of esters is 1. The lowest BCUT2D eigenvalue weighted by Crippen LogP contribution is -2.23. The summed E-state index contributed by atoms with van der Waals surface area (Å²) < 4.78 is 23.5. The van der Waals surface area contributed by atoms with Crippen molar-refractivity contribution in [2.24, 2.45) is 0 Å². The molecule has 9 heteroatoms. The summed E-state index contributed by atoms with van der Waals surface area (Å²) in [6, 6.07) is 8.56. The van der Waals surface area contributed by atoms with Crippen molar-refractivity contribution in [3.8, 4) is 5.75 Å². The second kappa shape index (κ2) is 8.47. The van der Waals surface area contributed by atoms with Crippen molar-refractivity contribution in [1.29, 1.82) is 0 Å². The lowest BCUT2D eigenvalue weighted by Gasteiger charge is -2.09. The Kier molecular flexibility index (Phi) is 5.83. The van der Waals surface area contributed by atoms with Crippen LogP contribution in [-0.2, 0) is 27.2 Å². The molecule has 0 fully saturated rings. The number of anilines is 1. The minimum Gasteiger partial charge on any atom is -0.482 e. The van der Waals surface area contributed by atoms with Crippen molar-refractivity contribution in [2.45, 2.75) is 19.3 Å². The van der Waals surface area contributed by atoms with E-state index in [9.17, 15) is 24.1 Å². The Labute approximate surface area is 159 Å². The number of amides is 1. The highest BCUT2D eigenvalue weighted by molar-refractivity contribution is 5.93. The Bertz CT molecular complexity index is 931. The van der Waals surface area contributed by atoms with E-state index in [1.165, 1.54) is 17.2 Å². The smallest absolute Gasteiger partial charge is 0.344 e. The van der Waals surface area contributed by atoms with Crippen molar-refractivity contribution < 1.29 is 28.4 Å². The van der Waals surface area contributed by atoms with Crippen molar-refractivity contribution in [1.82, 2.24) is 0 Å². The second-order valence-electron chi connectivity index (χ2n) is 6.20. The third kappa shape index (κ3) is 4.81. The van der Waals surface area contributed by atoms with Gasteiger partial charge in [0.1, 0.15) is 5.75 Å². The molecule has 0 atom stereocenters. The molecule has 1 aliphatic rings. The summed E-state index contributed by atoms with van der Waals surface area (Å²) in [5, 5.41) is 13.0. The van der Waals surface area contributed by atoms with Gasteiger partial charge in [-0.15, -0.1) is 0 Å². The number of nitro benzene ring substituents is 1. The van der Waals surface area contributed by atoms with Crippen LogP contribution in [-0.4, -0.2) is 30.0 Å². The number of halogens is 1. The molecule has 2 aromatic rings. The molecular formula is C19H17FN2O6. The van der Waals surface area contributed by atoms with E-state index < -0.39 is 34.9 Å². The van der Waals surface area contributed by atoms with E-state index in [4.69, 9.17) is 9.47 Å². The highest BCUT2D eigenvalue weighted by Gasteiger charge is 2.16. The van der Waals surface area contributed by atoms with Gasteiger partial charge < -0.3 is 14.8 Å². The molecule has 0 radical (unpaired) electrons. The number of aryl methyl sites for hydroxylation is 2. The summed E-state index contributed by atoms with van der Waals surface area (Å²) in [6.07, 6.45) is 3.13. The summed E-state index contributed by atoms with van der Waals surface area (Å²) in [6.45, 7) is -0.953. The minimum atomic E-state index is -1.02. The first-order chi connectivity index (χ1) is 13.4. The number of carbonyl (C=O) groups excluding carboxylic acids is 2. The van der Waals surface area contributed by atoms with Gasteiger partial charge in [0, 0.05) is 11.8 Å². The van der Waals surface area contributed by atoms with Gasteiger partial charge in [0.25, 0.3) is 5.91 Å². The number of ether oxygens (including phenoxy) is 2. The summed E-state index contributed by atoms with van der Waals surface area (Å²) in [7, 11) is 0. The fourth-order valence-electron chi connectivity index (χ4n) is 2.90. The molecule has 0 heterocycles. The largest absolute Gasteiger partial charge is 0.482 e. The van der Waals surface area contributed by atoms with Crippen molar-refractivity contribution in [3.05, 3.63) is 63.5 Å². The van der Waals surface area contributed by atoms with Crippen LogP contribution in [0.15, 0.2) is 36.4 Å². The highest BCUT2D eigenvalue weighted by atomic mass is 19.1. The molecule has 146 valence electrons. The van der Waals surface area contributed by atoms with E-state index in [0.717, 1.165) is 31.4 Å². The first-order valence-electron chi connectivity index (χ1n) is 8.56. The molecule has 1 N–H and O–H groups in total. The SMILES string of the molecule is O=C(COC(=O)COc1ccc2c(c1)CCC2)Nc1ccc(F)c([N+](=O)[O-])c1. The predicted molar refractivity (Wildman–Crippen MR) is 96.6 cm³/mol. The van der Waals surface area contributed by atoms with E-state index in [-0.39, 0.29) is 12.3 Å². The number of carbonyl (C=O) groups is 2. The molecule has 2 aromatic carbocycles. The van der Waals surface area contributed by atoms with Crippen LogP contribution in [0.25, 0.3) is 0 Å². The number of nitro groups is 1. The fraction of sp³-hybridized carbons (Fsp3) is 0.263. The van der Waals surface area contributed by atoms with Gasteiger partial charge in [-0.25, -0.2) is 4.79 Å². The van der Waals surface area contributed by atoms with E-state index in [1.807, 2.05) is 12.1 Å². The van der Waals surface area contributed by atoms with Crippen molar-refractivity contribution >= 4 is 23.3 Å². The molecule has 0 aromatic heterocycles. The van der Waals surface area contributed by atoms with Gasteiger partial charge in [0.15, 0.2) is 13.2 Å². The molecule has 3 rings (SSSR count). The zero-order valence-corrected chi connectivity index (χ0v) is 14.8. The Morgan fingerprint density at radius 2 is 1.89 bits per heavy atom. The van der Waals surface area contributed by atoms with E-state index in [1.54, 1.807) is 6.07 Å². The Morgan fingerprint density at radius 3 is 2.68 bits per heavy atom. The lowest BCUT2D eigenvalue weighted by molar-refractivity contribution is -0.387. The molecule has 1 amide bonds. The molecule has 0 aliphatic heterocycles. The minimum absolute atomic E-state index is 0.0172. The van der Waals surface area contributed by atoms with Gasteiger partial charge >= 0.3 is 11.7 Å².